The van der Waals surface area contributed by atoms with E-state index in [9.17, 15) is 14.3 Å². The van der Waals surface area contributed by atoms with E-state index in [2.05, 4.69) is 6.58 Å². The van der Waals surface area contributed by atoms with E-state index in [0.29, 0.717) is 24.2 Å². The van der Waals surface area contributed by atoms with Crippen LogP contribution < -0.4 is 0 Å². The van der Waals surface area contributed by atoms with E-state index in [1.807, 2.05) is 0 Å². The van der Waals surface area contributed by atoms with E-state index in [1.165, 1.54) is 12.1 Å². The first-order chi connectivity index (χ1) is 8.61. The third-order valence-electron chi connectivity index (χ3n) is 2.68. The zero-order valence-corrected chi connectivity index (χ0v) is 9.64. The van der Waals surface area contributed by atoms with Gasteiger partial charge in [0, 0.05) is 6.54 Å². The van der Waals surface area contributed by atoms with Crippen LogP contribution in [0, 0.1) is 5.82 Å². The Hall–Kier alpha value is -2.36. The fourth-order valence-corrected chi connectivity index (χ4v) is 1.79. The van der Waals surface area contributed by atoms with Crippen LogP contribution in [-0.4, -0.2) is 16.0 Å². The van der Waals surface area contributed by atoms with E-state index in [1.54, 1.807) is 28.8 Å². The second kappa shape index (κ2) is 4.87. The minimum absolute atomic E-state index is 0.106. The maximum Gasteiger partial charge on any atom is 0.166 e. The summed E-state index contributed by atoms with van der Waals surface area (Å²) in [4.78, 5) is 10.9. The number of aldehydes is 1. The Morgan fingerprint density at radius 3 is 2.50 bits per heavy atom. The van der Waals surface area contributed by atoms with Crippen LogP contribution in [-0.2, 0) is 6.54 Å². The van der Waals surface area contributed by atoms with Crippen molar-refractivity contribution < 1.29 is 14.3 Å². The number of carbonyl (C=O) groups is 1. The molecule has 3 nitrogen and oxygen atoms in total. The van der Waals surface area contributed by atoms with Crippen LogP contribution in [0.15, 0.2) is 43.0 Å². The largest absolute Gasteiger partial charge is 0.506 e. The van der Waals surface area contributed by atoms with Crippen molar-refractivity contribution in [1.82, 2.24) is 4.57 Å². The molecule has 1 aromatic heterocycles. The van der Waals surface area contributed by atoms with E-state index < -0.39 is 0 Å². The number of aliphatic hydroxyl groups is 1. The van der Waals surface area contributed by atoms with Gasteiger partial charge in [0.2, 0.25) is 0 Å². The lowest BCUT2D eigenvalue weighted by Crippen LogP contribution is -2.07. The average Bonchev–Trinajstić information content (AvgIpc) is 2.75. The molecule has 0 saturated carbocycles. The Balaban J connectivity index is 2.38. The molecule has 0 atom stereocenters. The highest BCUT2D eigenvalue weighted by atomic mass is 19.1. The van der Waals surface area contributed by atoms with Crippen molar-refractivity contribution in [1.29, 1.82) is 0 Å². The van der Waals surface area contributed by atoms with Crippen molar-refractivity contribution in [2.75, 3.05) is 0 Å². The predicted octanol–water partition coefficient (Wildman–Crippen LogP) is 3.02. The minimum Gasteiger partial charge on any atom is -0.506 e. The Kier molecular flexibility index (Phi) is 3.28. The summed E-state index contributed by atoms with van der Waals surface area (Å²) >= 11 is 0. The standard InChI is InChI=1S/C14H12FNO2/c1-10(18)14-7-6-13(9-17)16(14)8-11-2-4-12(15)5-3-11/h2-7,9,18H,1,8H2. The van der Waals surface area contributed by atoms with Crippen molar-refractivity contribution in [3.63, 3.8) is 0 Å². The lowest BCUT2D eigenvalue weighted by Gasteiger charge is -2.10. The van der Waals surface area contributed by atoms with Gasteiger partial charge in [-0.3, -0.25) is 4.79 Å². The number of nitrogens with zero attached hydrogens (tertiary/aromatic N) is 1. The first kappa shape index (κ1) is 12.1. The SMILES string of the molecule is C=C(O)c1ccc(C=O)n1Cc1ccc(F)cc1. The summed E-state index contributed by atoms with van der Waals surface area (Å²) in [6.07, 6.45) is 0.704. The molecule has 2 rings (SSSR count). The maximum absolute atomic E-state index is 12.8. The van der Waals surface area contributed by atoms with Crippen molar-refractivity contribution >= 4 is 12.0 Å². The molecule has 0 saturated heterocycles. The van der Waals surface area contributed by atoms with E-state index >= 15 is 0 Å². The molecule has 4 heteroatoms. The fraction of sp³-hybridized carbons (Fsp3) is 0.0714. The van der Waals surface area contributed by atoms with E-state index in [4.69, 9.17) is 0 Å². The number of carbonyl (C=O) groups excluding carboxylic acids is 1. The molecule has 0 fully saturated rings. The van der Waals surface area contributed by atoms with Gasteiger partial charge in [0.05, 0.1) is 11.4 Å². The smallest absolute Gasteiger partial charge is 0.166 e. The number of aliphatic hydroxyl groups excluding tert-OH is 1. The van der Waals surface area contributed by atoms with Crippen LogP contribution in [0.25, 0.3) is 5.76 Å². The summed E-state index contributed by atoms with van der Waals surface area (Å²) < 4.78 is 14.4. The van der Waals surface area contributed by atoms with Crippen molar-refractivity contribution in [2.45, 2.75) is 6.54 Å². The zero-order valence-electron chi connectivity index (χ0n) is 9.64. The Morgan fingerprint density at radius 1 is 1.28 bits per heavy atom. The first-order valence-corrected chi connectivity index (χ1v) is 5.39. The van der Waals surface area contributed by atoms with E-state index in [-0.39, 0.29) is 11.6 Å². The molecule has 0 radical (unpaired) electrons. The third-order valence-corrected chi connectivity index (χ3v) is 2.68. The summed E-state index contributed by atoms with van der Waals surface area (Å²) in [5.41, 5.74) is 1.74. The molecule has 18 heavy (non-hydrogen) atoms. The molecule has 0 spiro atoms. The second-order valence-electron chi connectivity index (χ2n) is 3.92. The highest BCUT2D eigenvalue weighted by Crippen LogP contribution is 2.16. The number of aromatic nitrogens is 1. The number of hydrogen-bond acceptors (Lipinski definition) is 2. The molecule has 92 valence electrons. The van der Waals surface area contributed by atoms with Gasteiger partial charge in [-0.2, -0.15) is 0 Å². The van der Waals surface area contributed by atoms with Crippen LogP contribution in [0.4, 0.5) is 4.39 Å². The number of benzene rings is 1. The van der Waals surface area contributed by atoms with Gasteiger partial charge in [0.1, 0.15) is 11.6 Å². The third kappa shape index (κ3) is 2.32. The zero-order chi connectivity index (χ0) is 13.1. The highest BCUT2D eigenvalue weighted by molar-refractivity contribution is 5.74. The quantitative estimate of drug-likeness (QED) is 0.664. The van der Waals surface area contributed by atoms with Gasteiger partial charge >= 0.3 is 0 Å². The molecule has 0 aliphatic carbocycles. The lowest BCUT2D eigenvalue weighted by molar-refractivity contribution is 0.111. The van der Waals surface area contributed by atoms with E-state index in [0.717, 1.165) is 5.56 Å². The van der Waals surface area contributed by atoms with Crippen molar-refractivity contribution in [3.05, 3.63) is 65.7 Å². The van der Waals surface area contributed by atoms with Gasteiger partial charge in [-0.1, -0.05) is 18.7 Å². The molecule has 0 bridgehead atoms. The maximum atomic E-state index is 12.8. The van der Waals surface area contributed by atoms with Gasteiger partial charge in [-0.15, -0.1) is 0 Å². The highest BCUT2D eigenvalue weighted by Gasteiger charge is 2.10. The molecular weight excluding hydrogens is 233 g/mol. The molecule has 2 aromatic rings. The molecule has 1 aromatic carbocycles. The van der Waals surface area contributed by atoms with Crippen molar-refractivity contribution in [3.8, 4) is 0 Å². The normalized spacial score (nSPS) is 10.3. The number of rotatable bonds is 4. The molecule has 0 aliphatic heterocycles. The monoisotopic (exact) mass is 245 g/mol. The molecule has 1 heterocycles. The van der Waals surface area contributed by atoms with Crippen LogP contribution in [0.3, 0.4) is 0 Å². The first-order valence-electron chi connectivity index (χ1n) is 5.39. The van der Waals surface area contributed by atoms with Gasteiger partial charge in [0.15, 0.2) is 6.29 Å². The minimum atomic E-state index is -0.311. The summed E-state index contributed by atoms with van der Waals surface area (Å²) in [5, 5.41) is 9.44. The van der Waals surface area contributed by atoms with Crippen LogP contribution in [0.5, 0.6) is 0 Å². The summed E-state index contributed by atoms with van der Waals surface area (Å²) in [6.45, 7) is 3.82. The Bertz CT molecular complexity index is 584. The molecular formula is C14H12FNO2. The number of hydrogen-bond donors (Lipinski definition) is 1. The molecule has 0 amide bonds. The van der Waals surface area contributed by atoms with Crippen molar-refractivity contribution in [2.24, 2.45) is 0 Å². The Morgan fingerprint density at radius 2 is 1.94 bits per heavy atom. The van der Waals surface area contributed by atoms with Gasteiger partial charge in [-0.25, -0.2) is 4.39 Å². The Labute approximate surface area is 104 Å². The summed E-state index contributed by atoms with van der Waals surface area (Å²) in [7, 11) is 0. The van der Waals surface area contributed by atoms with Crippen LogP contribution in [0.1, 0.15) is 21.7 Å². The van der Waals surface area contributed by atoms with Crippen LogP contribution >= 0.6 is 0 Å². The summed E-state index contributed by atoms with van der Waals surface area (Å²) in [6, 6.07) is 9.20. The van der Waals surface area contributed by atoms with Gasteiger partial charge < -0.3 is 9.67 Å². The average molecular weight is 245 g/mol. The molecule has 0 unspecified atom stereocenters. The topological polar surface area (TPSA) is 42.2 Å². The summed E-state index contributed by atoms with van der Waals surface area (Å²) in [5.74, 6) is -0.418. The predicted molar refractivity (Wildman–Crippen MR) is 67.0 cm³/mol. The lowest BCUT2D eigenvalue weighted by atomic mass is 10.2. The molecule has 0 aliphatic rings. The number of halogens is 1. The second-order valence-corrected chi connectivity index (χ2v) is 3.92. The fourth-order valence-electron chi connectivity index (χ4n) is 1.79. The van der Waals surface area contributed by atoms with Crippen LogP contribution in [0.2, 0.25) is 0 Å². The molecule has 1 N–H and O–H groups in total. The van der Waals surface area contributed by atoms with Gasteiger partial charge in [-0.05, 0) is 29.8 Å². The van der Waals surface area contributed by atoms with Gasteiger partial charge in [0.25, 0.3) is 0 Å².